The molecule has 4 rings (SSSR count). The molecule has 30 heavy (non-hydrogen) atoms. The van der Waals surface area contributed by atoms with E-state index in [1.54, 1.807) is 13.0 Å². The molecular formula is C24H24N4O2. The van der Waals surface area contributed by atoms with Gasteiger partial charge in [-0.2, -0.15) is 0 Å². The lowest BCUT2D eigenvalue weighted by molar-refractivity contribution is 0.101. The molecule has 2 aromatic heterocycles. The third-order valence-corrected chi connectivity index (χ3v) is 5.17. The van der Waals surface area contributed by atoms with Crippen molar-refractivity contribution in [3.63, 3.8) is 0 Å². The van der Waals surface area contributed by atoms with E-state index in [1.165, 1.54) is 6.33 Å². The summed E-state index contributed by atoms with van der Waals surface area (Å²) in [6.45, 7) is 7.69. The second-order valence-corrected chi connectivity index (χ2v) is 7.66. The van der Waals surface area contributed by atoms with Crippen molar-refractivity contribution in [2.75, 3.05) is 5.73 Å². The number of anilines is 1. The molecule has 0 spiro atoms. The Labute approximate surface area is 175 Å². The quantitative estimate of drug-likeness (QED) is 0.443. The number of nitrogens with two attached hydrogens (primary N) is 1. The Kier molecular flexibility index (Phi) is 4.99. The minimum Gasteiger partial charge on any atom is -0.457 e. The summed E-state index contributed by atoms with van der Waals surface area (Å²) in [5, 5.41) is 0.857. The fraction of sp³-hybridized carbons (Fsp3) is 0.208. The highest BCUT2D eigenvalue weighted by atomic mass is 16.5. The van der Waals surface area contributed by atoms with Crippen molar-refractivity contribution in [2.24, 2.45) is 0 Å². The first-order valence-corrected chi connectivity index (χ1v) is 9.86. The van der Waals surface area contributed by atoms with E-state index in [9.17, 15) is 4.79 Å². The van der Waals surface area contributed by atoms with Gasteiger partial charge in [-0.3, -0.25) is 4.79 Å². The molecule has 0 aliphatic carbocycles. The average Bonchev–Trinajstić information content (AvgIpc) is 3.10. The Morgan fingerprint density at radius 3 is 2.40 bits per heavy atom. The van der Waals surface area contributed by atoms with E-state index in [0.717, 1.165) is 27.7 Å². The number of nitrogen functional groups attached to an aromatic ring is 1. The summed E-state index contributed by atoms with van der Waals surface area (Å²) in [5.74, 6) is 1.92. The third kappa shape index (κ3) is 3.52. The van der Waals surface area contributed by atoms with E-state index in [0.29, 0.717) is 22.9 Å². The lowest BCUT2D eigenvalue weighted by atomic mass is 10.1. The first-order valence-electron chi connectivity index (χ1n) is 9.86. The van der Waals surface area contributed by atoms with Crippen LogP contribution in [0.2, 0.25) is 0 Å². The van der Waals surface area contributed by atoms with Crippen LogP contribution in [0.25, 0.3) is 22.2 Å². The van der Waals surface area contributed by atoms with Crippen LogP contribution in [0.4, 0.5) is 5.82 Å². The highest BCUT2D eigenvalue weighted by Crippen LogP contribution is 2.35. The van der Waals surface area contributed by atoms with Gasteiger partial charge in [0.2, 0.25) is 0 Å². The Balaban J connectivity index is 1.66. The molecule has 0 radical (unpaired) electrons. The normalized spacial score (nSPS) is 11.2. The van der Waals surface area contributed by atoms with Crippen LogP contribution in [-0.4, -0.2) is 20.3 Å². The molecule has 2 heterocycles. The molecule has 0 fully saturated rings. The number of aromatic nitrogens is 3. The van der Waals surface area contributed by atoms with Crippen LogP contribution in [-0.2, 0) is 0 Å². The van der Waals surface area contributed by atoms with Crippen molar-refractivity contribution in [1.82, 2.24) is 14.5 Å². The molecule has 0 unspecified atom stereocenters. The lowest BCUT2D eigenvalue weighted by Gasteiger charge is -2.09. The summed E-state index contributed by atoms with van der Waals surface area (Å²) in [4.78, 5) is 20.2. The van der Waals surface area contributed by atoms with Crippen LogP contribution in [0.1, 0.15) is 42.7 Å². The van der Waals surface area contributed by atoms with Gasteiger partial charge in [-0.15, -0.1) is 0 Å². The highest BCUT2D eigenvalue weighted by molar-refractivity contribution is 6.00. The van der Waals surface area contributed by atoms with Crippen molar-refractivity contribution >= 4 is 22.6 Å². The molecule has 2 N–H and O–H groups in total. The number of rotatable bonds is 5. The van der Waals surface area contributed by atoms with Crippen molar-refractivity contribution in [3.8, 4) is 22.6 Å². The van der Waals surface area contributed by atoms with Crippen molar-refractivity contribution in [1.29, 1.82) is 0 Å². The smallest absolute Gasteiger partial charge is 0.160 e. The lowest BCUT2D eigenvalue weighted by Crippen LogP contribution is -2.00. The van der Waals surface area contributed by atoms with E-state index < -0.39 is 0 Å². The van der Waals surface area contributed by atoms with Gasteiger partial charge in [-0.1, -0.05) is 12.1 Å². The summed E-state index contributed by atoms with van der Waals surface area (Å²) >= 11 is 0. The molecule has 152 valence electrons. The summed E-state index contributed by atoms with van der Waals surface area (Å²) in [7, 11) is 0. The maximum atomic E-state index is 11.6. The number of nitrogens with zero attached hydrogens (tertiary/aromatic N) is 3. The molecule has 0 atom stereocenters. The standard InChI is InChI=1S/C24H24N4O2/c1-14(2)28-12-21(22-23(25)26-13-27-24(22)28)17-5-7-18(8-6-17)30-19-9-10-20(16(4)29)15(3)11-19/h5-14H,1-4H3,(H2,25,26,27). The monoisotopic (exact) mass is 400 g/mol. The van der Waals surface area contributed by atoms with Crippen molar-refractivity contribution in [3.05, 3.63) is 66.1 Å². The third-order valence-electron chi connectivity index (χ3n) is 5.17. The van der Waals surface area contributed by atoms with Gasteiger partial charge in [-0.25, -0.2) is 9.97 Å². The van der Waals surface area contributed by atoms with E-state index in [4.69, 9.17) is 10.5 Å². The first kappa shape index (κ1) is 19.6. The molecule has 0 aliphatic rings. The van der Waals surface area contributed by atoms with Gasteiger partial charge >= 0.3 is 0 Å². The minimum atomic E-state index is 0.0483. The van der Waals surface area contributed by atoms with Gasteiger partial charge in [0.25, 0.3) is 0 Å². The van der Waals surface area contributed by atoms with Crippen molar-refractivity contribution in [2.45, 2.75) is 33.7 Å². The summed E-state index contributed by atoms with van der Waals surface area (Å²) in [6.07, 6.45) is 3.57. The largest absolute Gasteiger partial charge is 0.457 e. The molecular weight excluding hydrogens is 376 g/mol. The highest BCUT2D eigenvalue weighted by Gasteiger charge is 2.16. The van der Waals surface area contributed by atoms with Gasteiger partial charge in [0, 0.05) is 23.4 Å². The molecule has 2 aromatic carbocycles. The van der Waals surface area contributed by atoms with E-state index in [1.807, 2.05) is 43.3 Å². The first-order chi connectivity index (χ1) is 14.3. The SMILES string of the molecule is CC(=O)c1ccc(Oc2ccc(-c3cn(C(C)C)c4ncnc(N)c34)cc2)cc1C. The zero-order chi connectivity index (χ0) is 21.4. The predicted molar refractivity (Wildman–Crippen MR) is 119 cm³/mol. The Bertz CT molecular complexity index is 1240. The van der Waals surface area contributed by atoms with Gasteiger partial charge in [-0.05, 0) is 69.2 Å². The van der Waals surface area contributed by atoms with Crippen LogP contribution < -0.4 is 10.5 Å². The molecule has 0 aliphatic heterocycles. The number of hydrogen-bond donors (Lipinski definition) is 1. The number of ketones is 1. The fourth-order valence-electron chi connectivity index (χ4n) is 3.65. The van der Waals surface area contributed by atoms with E-state index in [2.05, 4.69) is 34.6 Å². The molecule has 4 aromatic rings. The zero-order valence-corrected chi connectivity index (χ0v) is 17.5. The van der Waals surface area contributed by atoms with Crippen LogP contribution >= 0.6 is 0 Å². The Morgan fingerprint density at radius 2 is 1.77 bits per heavy atom. The van der Waals surface area contributed by atoms with Gasteiger partial charge < -0.3 is 15.0 Å². The number of aryl methyl sites for hydroxylation is 1. The van der Waals surface area contributed by atoms with Crippen LogP contribution in [0.3, 0.4) is 0 Å². The Morgan fingerprint density at radius 1 is 1.07 bits per heavy atom. The number of benzene rings is 2. The second-order valence-electron chi connectivity index (χ2n) is 7.66. The fourth-order valence-corrected chi connectivity index (χ4v) is 3.65. The number of carbonyl (C=O) groups is 1. The van der Waals surface area contributed by atoms with E-state index in [-0.39, 0.29) is 11.8 Å². The summed E-state index contributed by atoms with van der Waals surface area (Å²) in [6, 6.07) is 13.6. The number of ether oxygens (including phenoxy) is 1. The number of hydrogen-bond acceptors (Lipinski definition) is 5. The maximum absolute atomic E-state index is 11.6. The minimum absolute atomic E-state index is 0.0483. The van der Waals surface area contributed by atoms with Gasteiger partial charge in [0.15, 0.2) is 5.78 Å². The average molecular weight is 400 g/mol. The van der Waals surface area contributed by atoms with Crippen LogP contribution in [0.15, 0.2) is 55.0 Å². The Hall–Kier alpha value is -3.67. The number of Topliss-reactive ketones (excluding diaryl/α,β-unsaturated/α-hetero) is 1. The molecule has 0 saturated heterocycles. The van der Waals surface area contributed by atoms with Crippen LogP contribution in [0, 0.1) is 6.92 Å². The molecule has 6 heteroatoms. The second kappa shape index (κ2) is 7.63. The summed E-state index contributed by atoms with van der Waals surface area (Å²) in [5.41, 5.74) is 10.6. The summed E-state index contributed by atoms with van der Waals surface area (Å²) < 4.78 is 8.08. The number of carbonyl (C=O) groups excluding carboxylic acids is 1. The van der Waals surface area contributed by atoms with Crippen molar-refractivity contribution < 1.29 is 9.53 Å². The number of fused-ring (bicyclic) bond motifs is 1. The molecule has 0 bridgehead atoms. The molecule has 0 saturated carbocycles. The predicted octanol–water partition coefficient (Wildman–Crippen LogP) is 5.56. The maximum Gasteiger partial charge on any atom is 0.160 e. The van der Waals surface area contributed by atoms with Gasteiger partial charge in [0.05, 0.1) is 5.39 Å². The van der Waals surface area contributed by atoms with E-state index >= 15 is 0 Å². The molecule has 0 amide bonds. The van der Waals surface area contributed by atoms with Gasteiger partial charge in [0.1, 0.15) is 29.3 Å². The topological polar surface area (TPSA) is 83.0 Å². The van der Waals surface area contributed by atoms with Crippen LogP contribution in [0.5, 0.6) is 11.5 Å². The zero-order valence-electron chi connectivity index (χ0n) is 17.5. The molecule has 6 nitrogen and oxygen atoms in total.